The van der Waals surface area contributed by atoms with Gasteiger partial charge in [-0.2, -0.15) is 4.52 Å². The zero-order valence-electron chi connectivity index (χ0n) is 15.6. The standard InChI is InChI=1S/C19H21N5O3S/c1-27-14-7-5-6-13(10-14)11-20-16(25)15-12-21-18-24(17(15)26)22-19(28-18)23-8-3-2-4-9-23/h5-7,10,12H,2-4,8-9,11H2,1H3,(H,20,25). The van der Waals surface area contributed by atoms with Gasteiger partial charge in [-0.25, -0.2) is 4.98 Å². The summed E-state index contributed by atoms with van der Waals surface area (Å²) < 4.78 is 6.41. The zero-order chi connectivity index (χ0) is 19.5. The molecular formula is C19H21N5O3S. The first kappa shape index (κ1) is 18.4. The number of fused-ring (bicyclic) bond motifs is 1. The van der Waals surface area contributed by atoms with Crippen LogP contribution in [0.3, 0.4) is 0 Å². The van der Waals surface area contributed by atoms with E-state index >= 15 is 0 Å². The van der Waals surface area contributed by atoms with Crippen molar-refractivity contribution in [1.29, 1.82) is 0 Å². The van der Waals surface area contributed by atoms with Gasteiger partial charge in [0.25, 0.3) is 11.5 Å². The van der Waals surface area contributed by atoms with E-state index in [0.717, 1.165) is 36.6 Å². The lowest BCUT2D eigenvalue weighted by atomic mass is 10.1. The molecule has 0 aliphatic carbocycles. The fourth-order valence-corrected chi connectivity index (χ4v) is 4.12. The lowest BCUT2D eigenvalue weighted by Gasteiger charge is -2.25. The molecule has 0 atom stereocenters. The van der Waals surface area contributed by atoms with Crippen LogP contribution < -0.4 is 20.5 Å². The molecule has 146 valence electrons. The molecule has 0 radical (unpaired) electrons. The van der Waals surface area contributed by atoms with E-state index in [1.54, 1.807) is 7.11 Å². The smallest absolute Gasteiger partial charge is 0.288 e. The second-order valence-corrected chi connectivity index (χ2v) is 7.57. The number of methoxy groups -OCH3 is 1. The summed E-state index contributed by atoms with van der Waals surface area (Å²) in [6.07, 6.45) is 4.79. The van der Waals surface area contributed by atoms with Crippen molar-refractivity contribution in [2.24, 2.45) is 0 Å². The van der Waals surface area contributed by atoms with Crippen LogP contribution in [0.2, 0.25) is 0 Å². The van der Waals surface area contributed by atoms with Crippen LogP contribution in [0.15, 0.2) is 35.3 Å². The van der Waals surface area contributed by atoms with Gasteiger partial charge in [0.1, 0.15) is 11.3 Å². The number of rotatable bonds is 5. The Hall–Kier alpha value is -2.94. The zero-order valence-corrected chi connectivity index (χ0v) is 16.4. The molecule has 1 fully saturated rings. The molecule has 0 saturated carbocycles. The predicted octanol–water partition coefficient (Wildman–Crippen LogP) is 2.08. The van der Waals surface area contributed by atoms with Crippen LogP contribution in [-0.4, -0.2) is 40.7 Å². The van der Waals surface area contributed by atoms with Gasteiger partial charge >= 0.3 is 0 Å². The van der Waals surface area contributed by atoms with E-state index in [4.69, 9.17) is 4.74 Å². The third kappa shape index (κ3) is 3.70. The average Bonchev–Trinajstić information content (AvgIpc) is 3.18. The SMILES string of the molecule is COc1cccc(CNC(=O)c2cnc3sc(N4CCCCC4)nn3c2=O)c1. The molecule has 2 aromatic heterocycles. The van der Waals surface area contributed by atoms with Crippen molar-refractivity contribution < 1.29 is 9.53 Å². The number of carbonyl (C=O) groups is 1. The van der Waals surface area contributed by atoms with Gasteiger partial charge in [0.2, 0.25) is 10.1 Å². The molecule has 1 aliphatic rings. The second-order valence-electron chi connectivity index (χ2n) is 6.64. The first-order valence-corrected chi connectivity index (χ1v) is 10.0. The number of benzene rings is 1. The van der Waals surface area contributed by atoms with Crippen molar-refractivity contribution in [1.82, 2.24) is 19.9 Å². The highest BCUT2D eigenvalue weighted by atomic mass is 32.1. The Morgan fingerprint density at radius 1 is 1.29 bits per heavy atom. The molecule has 28 heavy (non-hydrogen) atoms. The Kier molecular flexibility index (Phi) is 5.25. The molecule has 9 heteroatoms. The summed E-state index contributed by atoms with van der Waals surface area (Å²) >= 11 is 1.37. The van der Waals surface area contributed by atoms with Gasteiger partial charge in [-0.05, 0) is 37.0 Å². The summed E-state index contributed by atoms with van der Waals surface area (Å²) in [5.74, 6) is 0.241. The molecule has 1 N–H and O–H groups in total. The number of hydrogen-bond acceptors (Lipinski definition) is 7. The largest absolute Gasteiger partial charge is 0.497 e. The number of anilines is 1. The number of nitrogens with zero attached hydrogens (tertiary/aromatic N) is 4. The van der Waals surface area contributed by atoms with E-state index in [1.165, 1.54) is 28.5 Å². The van der Waals surface area contributed by atoms with E-state index < -0.39 is 11.5 Å². The molecule has 0 spiro atoms. The van der Waals surface area contributed by atoms with Crippen LogP contribution in [-0.2, 0) is 6.54 Å². The van der Waals surface area contributed by atoms with Crippen LogP contribution in [0.1, 0.15) is 35.2 Å². The number of aromatic nitrogens is 3. The number of nitrogens with one attached hydrogen (secondary N) is 1. The maximum Gasteiger partial charge on any atom is 0.288 e. The van der Waals surface area contributed by atoms with Gasteiger partial charge < -0.3 is 15.0 Å². The normalized spacial score (nSPS) is 14.2. The monoisotopic (exact) mass is 399 g/mol. The van der Waals surface area contributed by atoms with Crippen molar-refractivity contribution in [3.05, 3.63) is 51.9 Å². The molecule has 1 saturated heterocycles. The fourth-order valence-electron chi connectivity index (χ4n) is 3.20. The minimum atomic E-state index is -0.470. The number of piperidine rings is 1. The molecule has 1 aliphatic heterocycles. The fraction of sp³-hybridized carbons (Fsp3) is 0.368. The summed E-state index contributed by atoms with van der Waals surface area (Å²) in [5.41, 5.74) is 0.409. The van der Waals surface area contributed by atoms with Crippen molar-refractivity contribution in [3.8, 4) is 5.75 Å². The maximum absolute atomic E-state index is 12.7. The summed E-state index contributed by atoms with van der Waals surface area (Å²) in [5, 5.41) is 7.95. The summed E-state index contributed by atoms with van der Waals surface area (Å²) in [6, 6.07) is 7.39. The van der Waals surface area contributed by atoms with Crippen molar-refractivity contribution in [2.45, 2.75) is 25.8 Å². The first-order chi connectivity index (χ1) is 13.7. The molecule has 8 nitrogen and oxygen atoms in total. The van der Waals surface area contributed by atoms with Crippen LogP contribution in [0.5, 0.6) is 5.75 Å². The lowest BCUT2D eigenvalue weighted by molar-refractivity contribution is 0.0948. The number of hydrogen-bond donors (Lipinski definition) is 1. The van der Waals surface area contributed by atoms with Gasteiger partial charge in [-0.1, -0.05) is 23.5 Å². The van der Waals surface area contributed by atoms with E-state index in [1.807, 2.05) is 24.3 Å². The minimum Gasteiger partial charge on any atom is -0.497 e. The Balaban J connectivity index is 1.53. The van der Waals surface area contributed by atoms with Crippen molar-refractivity contribution >= 4 is 27.3 Å². The van der Waals surface area contributed by atoms with Crippen LogP contribution in [0, 0.1) is 0 Å². The third-order valence-electron chi connectivity index (χ3n) is 4.73. The van der Waals surface area contributed by atoms with Gasteiger partial charge in [-0.15, -0.1) is 5.10 Å². The van der Waals surface area contributed by atoms with Gasteiger partial charge in [0, 0.05) is 25.8 Å². The molecule has 0 unspecified atom stereocenters. The number of ether oxygens (including phenoxy) is 1. The quantitative estimate of drug-likeness (QED) is 0.707. The highest BCUT2D eigenvalue weighted by molar-refractivity contribution is 7.20. The van der Waals surface area contributed by atoms with Crippen LogP contribution in [0.4, 0.5) is 5.13 Å². The molecule has 3 heterocycles. The van der Waals surface area contributed by atoms with E-state index in [-0.39, 0.29) is 12.1 Å². The lowest BCUT2D eigenvalue weighted by Crippen LogP contribution is -2.32. The summed E-state index contributed by atoms with van der Waals surface area (Å²) in [6.45, 7) is 2.15. The Morgan fingerprint density at radius 3 is 2.89 bits per heavy atom. The first-order valence-electron chi connectivity index (χ1n) is 9.20. The van der Waals surface area contributed by atoms with E-state index in [2.05, 4.69) is 20.3 Å². The van der Waals surface area contributed by atoms with Gasteiger partial charge in [0.15, 0.2) is 0 Å². The maximum atomic E-state index is 12.7. The predicted molar refractivity (Wildman–Crippen MR) is 107 cm³/mol. The third-order valence-corrected chi connectivity index (χ3v) is 5.72. The second kappa shape index (κ2) is 7.97. The molecule has 3 aromatic rings. The average molecular weight is 399 g/mol. The van der Waals surface area contributed by atoms with Crippen LogP contribution in [0.25, 0.3) is 4.96 Å². The Morgan fingerprint density at radius 2 is 2.11 bits per heavy atom. The van der Waals surface area contributed by atoms with E-state index in [0.29, 0.717) is 10.7 Å². The highest BCUT2D eigenvalue weighted by Gasteiger charge is 2.19. The molecule has 4 rings (SSSR count). The Bertz CT molecular complexity index is 1060. The molecule has 0 bridgehead atoms. The van der Waals surface area contributed by atoms with Gasteiger partial charge in [-0.3, -0.25) is 9.59 Å². The number of carbonyl (C=O) groups excluding carboxylic acids is 1. The minimum absolute atomic E-state index is 0.0177. The summed E-state index contributed by atoms with van der Waals surface area (Å²) in [4.78, 5) is 32.2. The molecule has 1 amide bonds. The van der Waals surface area contributed by atoms with Crippen molar-refractivity contribution in [3.63, 3.8) is 0 Å². The molecular weight excluding hydrogens is 378 g/mol. The summed E-state index contributed by atoms with van der Waals surface area (Å²) in [7, 11) is 1.59. The van der Waals surface area contributed by atoms with Gasteiger partial charge in [0.05, 0.1) is 7.11 Å². The highest BCUT2D eigenvalue weighted by Crippen LogP contribution is 2.24. The van der Waals surface area contributed by atoms with Crippen LogP contribution >= 0.6 is 11.3 Å². The Labute approximate surface area is 165 Å². The topological polar surface area (TPSA) is 88.8 Å². The molecule has 1 aromatic carbocycles. The van der Waals surface area contributed by atoms with E-state index in [9.17, 15) is 9.59 Å². The number of amides is 1. The van der Waals surface area contributed by atoms with Crippen molar-refractivity contribution in [2.75, 3.05) is 25.1 Å².